The number of hydrogen-bond donors (Lipinski definition) is 1. The lowest BCUT2D eigenvalue weighted by atomic mass is 9.98. The third-order valence-electron chi connectivity index (χ3n) is 3.65. The Kier molecular flexibility index (Phi) is 4.19. The first-order chi connectivity index (χ1) is 8.16. The molecule has 2 heteroatoms. The van der Waals surface area contributed by atoms with E-state index in [9.17, 15) is 0 Å². The maximum Gasteiger partial charge on any atom is 0.0247 e. The fourth-order valence-electron chi connectivity index (χ4n) is 2.66. The zero-order valence-electron chi connectivity index (χ0n) is 11.2. The molecule has 0 aliphatic carbocycles. The third kappa shape index (κ3) is 3.30. The normalized spacial score (nSPS) is 26.4. The first-order valence-electron chi connectivity index (χ1n) is 6.68. The summed E-state index contributed by atoms with van der Waals surface area (Å²) in [7, 11) is 0. The van der Waals surface area contributed by atoms with Crippen LogP contribution in [0.4, 0.5) is 0 Å². The van der Waals surface area contributed by atoms with Crippen LogP contribution in [0, 0.1) is 5.92 Å². The molecule has 1 N–H and O–H groups in total. The van der Waals surface area contributed by atoms with Gasteiger partial charge < -0.3 is 5.32 Å². The zero-order chi connectivity index (χ0) is 12.3. The third-order valence-corrected chi connectivity index (χ3v) is 3.65. The summed E-state index contributed by atoms with van der Waals surface area (Å²) >= 11 is 0. The highest BCUT2D eigenvalue weighted by Gasteiger charge is 2.27. The minimum Gasteiger partial charge on any atom is -0.311 e. The Hall–Kier alpha value is -0.860. The van der Waals surface area contributed by atoms with Crippen LogP contribution in [0.2, 0.25) is 0 Å². The van der Waals surface area contributed by atoms with Crippen LogP contribution in [-0.2, 0) is 6.54 Å². The molecular formula is C15H24N2. The summed E-state index contributed by atoms with van der Waals surface area (Å²) < 4.78 is 0. The van der Waals surface area contributed by atoms with Crippen LogP contribution < -0.4 is 5.32 Å². The van der Waals surface area contributed by atoms with E-state index in [1.807, 2.05) is 0 Å². The highest BCUT2D eigenvalue weighted by atomic mass is 15.2. The van der Waals surface area contributed by atoms with Crippen molar-refractivity contribution in [2.75, 3.05) is 13.1 Å². The van der Waals surface area contributed by atoms with E-state index in [-0.39, 0.29) is 0 Å². The number of piperazine rings is 1. The van der Waals surface area contributed by atoms with Crippen molar-refractivity contribution in [1.29, 1.82) is 0 Å². The minimum atomic E-state index is 0.605. The number of benzene rings is 1. The molecule has 0 saturated carbocycles. The summed E-state index contributed by atoms with van der Waals surface area (Å²) in [5.41, 5.74) is 1.42. The van der Waals surface area contributed by atoms with Crippen molar-refractivity contribution in [1.82, 2.24) is 10.2 Å². The second-order valence-electron chi connectivity index (χ2n) is 5.54. The van der Waals surface area contributed by atoms with Crippen molar-refractivity contribution >= 4 is 0 Å². The molecule has 1 heterocycles. The van der Waals surface area contributed by atoms with Crippen molar-refractivity contribution in [3.05, 3.63) is 35.9 Å². The molecule has 0 amide bonds. The molecule has 1 saturated heterocycles. The van der Waals surface area contributed by atoms with Crippen LogP contribution in [0.25, 0.3) is 0 Å². The van der Waals surface area contributed by atoms with Crippen LogP contribution in [-0.4, -0.2) is 30.1 Å². The zero-order valence-corrected chi connectivity index (χ0v) is 11.2. The molecule has 94 valence electrons. The minimum absolute atomic E-state index is 0.605. The van der Waals surface area contributed by atoms with Crippen molar-refractivity contribution in [2.24, 2.45) is 5.92 Å². The molecule has 2 rings (SSSR count). The molecule has 0 spiro atoms. The fourth-order valence-corrected chi connectivity index (χ4v) is 2.66. The van der Waals surface area contributed by atoms with E-state index in [1.54, 1.807) is 0 Å². The predicted octanol–water partition coefficient (Wildman–Crippen LogP) is 2.50. The van der Waals surface area contributed by atoms with E-state index in [1.165, 1.54) is 5.56 Å². The fraction of sp³-hybridized carbons (Fsp3) is 0.600. The van der Waals surface area contributed by atoms with Gasteiger partial charge in [0, 0.05) is 31.7 Å². The number of rotatable bonds is 3. The Morgan fingerprint density at radius 1 is 1.29 bits per heavy atom. The van der Waals surface area contributed by atoms with Crippen molar-refractivity contribution < 1.29 is 0 Å². The first-order valence-corrected chi connectivity index (χ1v) is 6.68. The van der Waals surface area contributed by atoms with Crippen molar-refractivity contribution in [3.8, 4) is 0 Å². The van der Waals surface area contributed by atoms with Crippen LogP contribution in [0.15, 0.2) is 30.3 Å². The Morgan fingerprint density at radius 3 is 2.65 bits per heavy atom. The van der Waals surface area contributed by atoms with E-state index in [2.05, 4.69) is 61.3 Å². The van der Waals surface area contributed by atoms with Crippen LogP contribution in [0.5, 0.6) is 0 Å². The van der Waals surface area contributed by atoms with Crippen molar-refractivity contribution in [3.63, 3.8) is 0 Å². The van der Waals surface area contributed by atoms with Crippen LogP contribution in [0.1, 0.15) is 26.3 Å². The summed E-state index contributed by atoms with van der Waals surface area (Å²) in [5.74, 6) is 0.707. The monoisotopic (exact) mass is 232 g/mol. The Labute approximate surface area is 105 Å². The van der Waals surface area contributed by atoms with Gasteiger partial charge >= 0.3 is 0 Å². The standard InChI is InChI=1S/C15H24N2/c1-12(2)15-9-16-13(3)10-17(15)11-14-7-5-4-6-8-14/h4-8,12-13,15-16H,9-11H2,1-3H3/t13-,15-/m0/s1. The molecule has 1 aliphatic rings. The summed E-state index contributed by atoms with van der Waals surface area (Å²) in [4.78, 5) is 2.63. The van der Waals surface area contributed by atoms with Gasteiger partial charge in [-0.05, 0) is 18.4 Å². The lowest BCUT2D eigenvalue weighted by Gasteiger charge is -2.41. The van der Waals surface area contributed by atoms with Gasteiger partial charge in [-0.15, -0.1) is 0 Å². The van der Waals surface area contributed by atoms with E-state index >= 15 is 0 Å². The van der Waals surface area contributed by atoms with Gasteiger partial charge in [-0.25, -0.2) is 0 Å². The van der Waals surface area contributed by atoms with Gasteiger partial charge in [-0.1, -0.05) is 44.2 Å². The lowest BCUT2D eigenvalue weighted by molar-refractivity contribution is 0.0956. The molecule has 0 aromatic heterocycles. The Balaban J connectivity index is 2.05. The highest BCUT2D eigenvalue weighted by molar-refractivity contribution is 5.14. The molecule has 1 aromatic carbocycles. The summed E-state index contributed by atoms with van der Waals surface area (Å²) in [6.45, 7) is 10.3. The van der Waals surface area contributed by atoms with Crippen LogP contribution >= 0.6 is 0 Å². The molecule has 1 aromatic rings. The van der Waals surface area contributed by atoms with Gasteiger partial charge in [-0.3, -0.25) is 4.90 Å². The Bertz CT molecular complexity index is 334. The van der Waals surface area contributed by atoms with Gasteiger partial charge in [0.25, 0.3) is 0 Å². The second-order valence-corrected chi connectivity index (χ2v) is 5.54. The van der Waals surface area contributed by atoms with Gasteiger partial charge in [0.15, 0.2) is 0 Å². The largest absolute Gasteiger partial charge is 0.311 e. The van der Waals surface area contributed by atoms with E-state index < -0.39 is 0 Å². The van der Waals surface area contributed by atoms with E-state index in [4.69, 9.17) is 0 Å². The molecule has 0 radical (unpaired) electrons. The smallest absolute Gasteiger partial charge is 0.0247 e. The summed E-state index contributed by atoms with van der Waals surface area (Å²) in [6.07, 6.45) is 0. The Morgan fingerprint density at radius 2 is 2.00 bits per heavy atom. The van der Waals surface area contributed by atoms with Gasteiger partial charge in [0.05, 0.1) is 0 Å². The topological polar surface area (TPSA) is 15.3 Å². The predicted molar refractivity (Wildman–Crippen MR) is 72.9 cm³/mol. The molecular weight excluding hydrogens is 208 g/mol. The number of nitrogens with one attached hydrogen (secondary N) is 1. The molecule has 0 unspecified atom stereocenters. The van der Waals surface area contributed by atoms with Crippen molar-refractivity contribution in [2.45, 2.75) is 39.4 Å². The lowest BCUT2D eigenvalue weighted by Crippen LogP contribution is -2.56. The van der Waals surface area contributed by atoms with E-state index in [0.29, 0.717) is 18.0 Å². The molecule has 1 fully saturated rings. The maximum atomic E-state index is 3.59. The van der Waals surface area contributed by atoms with Crippen LogP contribution in [0.3, 0.4) is 0 Å². The summed E-state index contributed by atoms with van der Waals surface area (Å²) in [5, 5.41) is 3.59. The molecule has 0 bridgehead atoms. The molecule has 1 aliphatic heterocycles. The van der Waals surface area contributed by atoms with E-state index in [0.717, 1.165) is 19.6 Å². The number of hydrogen-bond acceptors (Lipinski definition) is 2. The first kappa shape index (κ1) is 12.6. The number of nitrogens with zero attached hydrogens (tertiary/aromatic N) is 1. The highest BCUT2D eigenvalue weighted by Crippen LogP contribution is 2.18. The van der Waals surface area contributed by atoms with Gasteiger partial charge in [0.1, 0.15) is 0 Å². The molecule has 2 nitrogen and oxygen atoms in total. The SMILES string of the molecule is CC(C)[C@@H]1CN[C@@H](C)CN1Cc1ccccc1. The quantitative estimate of drug-likeness (QED) is 0.861. The average Bonchev–Trinajstić information content (AvgIpc) is 2.30. The maximum absolute atomic E-state index is 3.59. The van der Waals surface area contributed by atoms with Gasteiger partial charge in [-0.2, -0.15) is 0 Å². The molecule has 2 atom stereocenters. The second kappa shape index (κ2) is 5.65. The average molecular weight is 232 g/mol. The van der Waals surface area contributed by atoms with Gasteiger partial charge in [0.2, 0.25) is 0 Å². The molecule has 17 heavy (non-hydrogen) atoms. The summed E-state index contributed by atoms with van der Waals surface area (Å²) in [6, 6.07) is 12.1.